The largest absolute Gasteiger partial charge is 0.496 e. The van der Waals surface area contributed by atoms with Crippen molar-refractivity contribution in [2.45, 2.75) is 19.8 Å². The molecule has 0 fully saturated rings. The molecule has 1 aromatic carbocycles. The zero-order valence-corrected chi connectivity index (χ0v) is 10.5. The molecule has 0 spiro atoms. The number of aliphatic hydroxyl groups excluding tert-OH is 1. The molecular weight excluding hydrogens is 218 g/mol. The van der Waals surface area contributed by atoms with Crippen molar-refractivity contribution in [2.75, 3.05) is 20.3 Å². The van der Waals surface area contributed by atoms with Crippen LogP contribution in [-0.4, -0.2) is 31.3 Å². The lowest BCUT2D eigenvalue weighted by molar-refractivity contribution is 0.0944. The summed E-state index contributed by atoms with van der Waals surface area (Å²) in [5.74, 6) is 0.901. The number of aliphatic hydroxyl groups is 1. The van der Waals surface area contributed by atoms with E-state index in [4.69, 9.17) is 9.84 Å². The van der Waals surface area contributed by atoms with Crippen LogP contribution in [0.25, 0.3) is 0 Å². The van der Waals surface area contributed by atoms with E-state index in [-0.39, 0.29) is 25.0 Å². The molecule has 4 nitrogen and oxygen atoms in total. The minimum atomic E-state index is -0.177. The highest BCUT2D eigenvalue weighted by molar-refractivity contribution is 5.94. The molecule has 0 aliphatic heterocycles. The molecule has 2 N–H and O–H groups in total. The Labute approximate surface area is 102 Å². The van der Waals surface area contributed by atoms with Gasteiger partial charge in [0.15, 0.2) is 0 Å². The molecule has 0 atom stereocenters. The van der Waals surface area contributed by atoms with E-state index in [1.807, 2.05) is 19.9 Å². The Kier molecular flexibility index (Phi) is 4.97. The molecular formula is C13H19NO3. The molecule has 94 valence electrons. The Hall–Kier alpha value is -1.55. The van der Waals surface area contributed by atoms with Gasteiger partial charge in [-0.05, 0) is 29.7 Å². The van der Waals surface area contributed by atoms with Gasteiger partial charge in [-0.1, -0.05) is 13.8 Å². The minimum absolute atomic E-state index is 0.0566. The zero-order chi connectivity index (χ0) is 12.8. The van der Waals surface area contributed by atoms with Crippen molar-refractivity contribution in [3.8, 4) is 5.75 Å². The molecule has 0 saturated heterocycles. The molecule has 17 heavy (non-hydrogen) atoms. The van der Waals surface area contributed by atoms with Gasteiger partial charge in [0, 0.05) is 12.1 Å². The Balaban J connectivity index is 2.95. The molecule has 0 unspecified atom stereocenters. The first kappa shape index (κ1) is 13.5. The summed E-state index contributed by atoms with van der Waals surface area (Å²) in [5.41, 5.74) is 1.59. The smallest absolute Gasteiger partial charge is 0.251 e. The van der Waals surface area contributed by atoms with Crippen molar-refractivity contribution in [3.63, 3.8) is 0 Å². The van der Waals surface area contributed by atoms with Gasteiger partial charge in [0.05, 0.1) is 13.7 Å². The van der Waals surface area contributed by atoms with Crippen molar-refractivity contribution in [1.29, 1.82) is 0 Å². The van der Waals surface area contributed by atoms with Crippen molar-refractivity contribution in [2.24, 2.45) is 0 Å². The predicted octanol–water partition coefficient (Wildman–Crippen LogP) is 1.54. The lowest BCUT2D eigenvalue weighted by atomic mass is 9.99. The van der Waals surface area contributed by atoms with Gasteiger partial charge in [0.25, 0.3) is 5.91 Å². The summed E-state index contributed by atoms with van der Waals surface area (Å²) in [6.07, 6.45) is 0. The molecule has 0 aliphatic carbocycles. The maximum Gasteiger partial charge on any atom is 0.251 e. The normalized spacial score (nSPS) is 10.4. The Morgan fingerprint density at radius 2 is 2.18 bits per heavy atom. The summed E-state index contributed by atoms with van der Waals surface area (Å²) >= 11 is 0. The van der Waals surface area contributed by atoms with Gasteiger partial charge in [-0.2, -0.15) is 0 Å². The average molecular weight is 237 g/mol. The summed E-state index contributed by atoms with van der Waals surface area (Å²) in [4.78, 5) is 11.7. The van der Waals surface area contributed by atoms with Gasteiger partial charge in [-0.3, -0.25) is 4.79 Å². The number of nitrogens with one attached hydrogen (secondary N) is 1. The fourth-order valence-electron chi connectivity index (χ4n) is 1.60. The van der Waals surface area contributed by atoms with E-state index in [9.17, 15) is 4.79 Å². The summed E-state index contributed by atoms with van der Waals surface area (Å²) < 4.78 is 5.25. The fourth-order valence-corrected chi connectivity index (χ4v) is 1.60. The summed E-state index contributed by atoms with van der Waals surface area (Å²) in [6.45, 7) is 4.31. The van der Waals surface area contributed by atoms with Gasteiger partial charge in [0.2, 0.25) is 0 Å². The molecule has 1 aromatic rings. The summed E-state index contributed by atoms with van der Waals surface area (Å²) in [7, 11) is 1.62. The lowest BCUT2D eigenvalue weighted by Crippen LogP contribution is -2.26. The molecule has 0 heterocycles. The van der Waals surface area contributed by atoms with Gasteiger partial charge >= 0.3 is 0 Å². The van der Waals surface area contributed by atoms with Gasteiger partial charge < -0.3 is 15.2 Å². The van der Waals surface area contributed by atoms with Crippen LogP contribution in [0.2, 0.25) is 0 Å². The van der Waals surface area contributed by atoms with Crippen LogP contribution >= 0.6 is 0 Å². The van der Waals surface area contributed by atoms with Crippen LogP contribution in [0.3, 0.4) is 0 Å². The molecule has 0 aromatic heterocycles. The molecule has 0 aliphatic rings. The van der Waals surface area contributed by atoms with Crippen LogP contribution in [0.5, 0.6) is 5.75 Å². The van der Waals surface area contributed by atoms with E-state index in [2.05, 4.69) is 5.32 Å². The van der Waals surface area contributed by atoms with E-state index >= 15 is 0 Å². The molecule has 1 rings (SSSR count). The maximum absolute atomic E-state index is 11.7. The van der Waals surface area contributed by atoms with E-state index < -0.39 is 0 Å². The topological polar surface area (TPSA) is 58.6 Å². The Morgan fingerprint density at radius 3 is 2.71 bits per heavy atom. The second kappa shape index (κ2) is 6.25. The average Bonchev–Trinajstić information content (AvgIpc) is 2.34. The van der Waals surface area contributed by atoms with Crippen molar-refractivity contribution in [3.05, 3.63) is 29.3 Å². The second-order valence-corrected chi connectivity index (χ2v) is 4.09. The standard InChI is InChI=1S/C13H19NO3/c1-9(2)11-8-10(4-5-12(11)17-3)13(16)14-6-7-15/h4-5,8-9,15H,6-7H2,1-3H3,(H,14,16). The van der Waals surface area contributed by atoms with Gasteiger partial charge in [0.1, 0.15) is 5.75 Å². The first-order chi connectivity index (χ1) is 8.10. The second-order valence-electron chi connectivity index (χ2n) is 4.09. The van der Waals surface area contributed by atoms with Crippen LogP contribution in [0.4, 0.5) is 0 Å². The third-order valence-electron chi connectivity index (χ3n) is 2.51. The lowest BCUT2D eigenvalue weighted by Gasteiger charge is -2.13. The van der Waals surface area contributed by atoms with Gasteiger partial charge in [-0.15, -0.1) is 0 Å². The monoisotopic (exact) mass is 237 g/mol. The minimum Gasteiger partial charge on any atom is -0.496 e. The molecule has 0 radical (unpaired) electrons. The highest BCUT2D eigenvalue weighted by Crippen LogP contribution is 2.27. The maximum atomic E-state index is 11.7. The number of carbonyl (C=O) groups excluding carboxylic acids is 1. The zero-order valence-electron chi connectivity index (χ0n) is 10.5. The van der Waals surface area contributed by atoms with Crippen LogP contribution < -0.4 is 10.1 Å². The van der Waals surface area contributed by atoms with E-state index in [0.717, 1.165) is 11.3 Å². The number of carbonyl (C=O) groups is 1. The van der Waals surface area contributed by atoms with E-state index in [1.165, 1.54) is 0 Å². The van der Waals surface area contributed by atoms with Crippen LogP contribution in [0.15, 0.2) is 18.2 Å². The van der Waals surface area contributed by atoms with E-state index in [0.29, 0.717) is 5.56 Å². The first-order valence-corrected chi connectivity index (χ1v) is 5.67. The molecule has 0 bridgehead atoms. The molecule has 0 saturated carbocycles. The highest BCUT2D eigenvalue weighted by Gasteiger charge is 2.11. The number of methoxy groups -OCH3 is 1. The van der Waals surface area contributed by atoms with Crippen LogP contribution in [0.1, 0.15) is 35.7 Å². The number of ether oxygens (including phenoxy) is 1. The highest BCUT2D eigenvalue weighted by atomic mass is 16.5. The quantitative estimate of drug-likeness (QED) is 0.816. The predicted molar refractivity (Wildman–Crippen MR) is 66.5 cm³/mol. The third kappa shape index (κ3) is 3.46. The molecule has 1 amide bonds. The van der Waals surface area contributed by atoms with Crippen molar-refractivity contribution < 1.29 is 14.6 Å². The number of rotatable bonds is 5. The number of hydrogen-bond acceptors (Lipinski definition) is 3. The molecule has 4 heteroatoms. The van der Waals surface area contributed by atoms with Gasteiger partial charge in [-0.25, -0.2) is 0 Å². The first-order valence-electron chi connectivity index (χ1n) is 5.67. The van der Waals surface area contributed by atoms with Crippen molar-refractivity contribution >= 4 is 5.91 Å². The van der Waals surface area contributed by atoms with Crippen LogP contribution in [-0.2, 0) is 0 Å². The van der Waals surface area contributed by atoms with E-state index in [1.54, 1.807) is 19.2 Å². The number of benzene rings is 1. The van der Waals surface area contributed by atoms with Crippen LogP contribution in [0, 0.1) is 0 Å². The Morgan fingerprint density at radius 1 is 1.47 bits per heavy atom. The fraction of sp³-hybridized carbons (Fsp3) is 0.462. The third-order valence-corrected chi connectivity index (χ3v) is 2.51. The SMILES string of the molecule is COc1ccc(C(=O)NCCO)cc1C(C)C. The summed E-state index contributed by atoms with van der Waals surface area (Å²) in [5, 5.41) is 11.3. The number of amides is 1. The van der Waals surface area contributed by atoms with Crippen molar-refractivity contribution in [1.82, 2.24) is 5.32 Å². The number of hydrogen-bond donors (Lipinski definition) is 2. The Bertz CT molecular complexity index is 388. The summed E-state index contributed by atoms with van der Waals surface area (Å²) in [6, 6.07) is 5.34.